The molecule has 0 saturated carbocycles. The van der Waals surface area contributed by atoms with Gasteiger partial charge in [-0.3, -0.25) is 9.59 Å². The van der Waals surface area contributed by atoms with Gasteiger partial charge in [0.2, 0.25) is 0 Å². The summed E-state index contributed by atoms with van der Waals surface area (Å²) < 4.78 is 21.7. The second kappa shape index (κ2) is 32.7. The van der Waals surface area contributed by atoms with Crippen LogP contribution in [0.5, 0.6) is 0 Å². The molecule has 430 valence electrons. The number of rotatable bonds is 10. The topological polar surface area (TPSA) is 283 Å². The molecule has 25 heteroatoms. The van der Waals surface area contributed by atoms with E-state index in [1.54, 1.807) is 59.5 Å². The van der Waals surface area contributed by atoms with Crippen molar-refractivity contribution in [2.45, 2.75) is 41.5 Å². The predicted molar refractivity (Wildman–Crippen MR) is 321 cm³/mol. The van der Waals surface area contributed by atoms with Crippen LogP contribution in [0.4, 0.5) is 0 Å². The zero-order valence-corrected chi connectivity index (χ0v) is 50.0. The number of carbonyl (C=O) groups excluding carboxylic acids is 5. The van der Waals surface area contributed by atoms with E-state index in [9.17, 15) is 28.8 Å². The highest BCUT2D eigenvalue weighted by Crippen LogP contribution is 2.32. The molecule has 2 N–H and O–H groups in total. The average molecular weight is 1220 g/mol. The highest BCUT2D eigenvalue weighted by Gasteiger charge is 2.17. The summed E-state index contributed by atoms with van der Waals surface area (Å²) in [6, 6.07) is 27.2. The molecule has 0 aliphatic rings. The van der Waals surface area contributed by atoms with Gasteiger partial charge in [0.15, 0.2) is 6.29 Å². The van der Waals surface area contributed by atoms with E-state index in [2.05, 4.69) is 39.2 Å². The SMILES string of the molecule is CCOC(=O)CN=[N+]=[N-].COC(=O)/C(=C/c1cccc(C)c1Cl)N=[N+]=[N-].COC(=O)c1cc2c(Cl)c(C)ccc2[nH]1.COC(=O)c1cc2c(Cl)c(C)ccc2n1C.Cc1ccc2c(cc(C(=O)O)n2C)c1Cl.Cc1cccc(C=O)c1Cl. The van der Waals surface area contributed by atoms with Crippen LogP contribution in [0.1, 0.15) is 82.1 Å². The Kier molecular flexibility index (Phi) is 27.1. The molecule has 0 spiro atoms. The van der Waals surface area contributed by atoms with Crippen LogP contribution in [-0.2, 0) is 42.6 Å². The molecule has 0 amide bonds. The first-order valence-corrected chi connectivity index (χ1v) is 25.9. The highest BCUT2D eigenvalue weighted by atomic mass is 35.5. The molecule has 82 heavy (non-hydrogen) atoms. The summed E-state index contributed by atoms with van der Waals surface area (Å²) in [6.07, 6.45) is 2.15. The molecule has 8 rings (SSSR count). The lowest BCUT2D eigenvalue weighted by Gasteiger charge is -2.03. The number of nitrogens with zero attached hydrogens (tertiary/aromatic N) is 8. The fourth-order valence-electron chi connectivity index (χ4n) is 7.24. The van der Waals surface area contributed by atoms with Crippen molar-refractivity contribution in [2.24, 2.45) is 24.3 Å². The zero-order chi connectivity index (χ0) is 61.5. The number of fused-ring (bicyclic) bond motifs is 3. The number of aryl methyl sites for hydroxylation is 7. The Labute approximate surface area is 496 Å². The first-order valence-electron chi connectivity index (χ1n) is 24.0. The van der Waals surface area contributed by atoms with Crippen molar-refractivity contribution < 1.29 is 52.8 Å². The number of aldehydes is 1. The van der Waals surface area contributed by atoms with E-state index >= 15 is 0 Å². The highest BCUT2D eigenvalue weighted by molar-refractivity contribution is 6.37. The van der Waals surface area contributed by atoms with Gasteiger partial charge in [-0.2, -0.15) is 0 Å². The normalized spacial score (nSPS) is 10.2. The maximum absolute atomic E-state index is 11.5. The predicted octanol–water partition coefficient (Wildman–Crippen LogP) is 15.5. The molecule has 5 aromatic carbocycles. The summed E-state index contributed by atoms with van der Waals surface area (Å²) in [5.74, 6) is -2.88. The Hall–Kier alpha value is -8.45. The van der Waals surface area contributed by atoms with E-state index in [1.807, 2.05) is 96.3 Å². The summed E-state index contributed by atoms with van der Waals surface area (Å²) in [7, 11) is 7.46. The smallest absolute Gasteiger partial charge is 0.354 e. The number of hydrogen-bond acceptors (Lipinski definition) is 12. The lowest BCUT2D eigenvalue weighted by Crippen LogP contribution is -2.06. The van der Waals surface area contributed by atoms with Crippen LogP contribution in [0, 0.1) is 34.6 Å². The van der Waals surface area contributed by atoms with Crippen LogP contribution in [0.2, 0.25) is 25.1 Å². The Morgan fingerprint density at radius 2 is 1.10 bits per heavy atom. The number of esters is 4. The van der Waals surface area contributed by atoms with E-state index in [1.165, 1.54) is 27.4 Å². The minimum Gasteiger partial charge on any atom is -0.477 e. The molecule has 3 aromatic heterocycles. The van der Waals surface area contributed by atoms with Gasteiger partial charge in [-0.1, -0.05) is 123 Å². The van der Waals surface area contributed by atoms with Gasteiger partial charge >= 0.3 is 29.8 Å². The maximum atomic E-state index is 11.5. The van der Waals surface area contributed by atoms with Crippen molar-refractivity contribution in [3.05, 3.63) is 199 Å². The minimum absolute atomic E-state index is 0.137. The molecule has 0 fully saturated rings. The second-order valence-electron chi connectivity index (χ2n) is 17.0. The fourth-order valence-corrected chi connectivity index (χ4v) is 8.24. The molecule has 0 bridgehead atoms. The monoisotopic (exact) mass is 1220 g/mol. The van der Waals surface area contributed by atoms with Gasteiger partial charge in [0.1, 0.15) is 29.3 Å². The largest absolute Gasteiger partial charge is 0.477 e. The molecule has 0 radical (unpaired) electrons. The zero-order valence-electron chi connectivity index (χ0n) is 46.2. The lowest BCUT2D eigenvalue weighted by atomic mass is 10.1. The average Bonchev–Trinajstić information content (AvgIpc) is 4.38. The second-order valence-corrected chi connectivity index (χ2v) is 18.9. The van der Waals surface area contributed by atoms with Gasteiger partial charge in [-0.15, -0.1) is 0 Å². The van der Waals surface area contributed by atoms with Gasteiger partial charge < -0.3 is 38.2 Å². The standard InChI is InChI=1S/C12H12ClNO2.C11H10ClN3O2.2C11H10ClNO2.C8H7ClO.C4H7N3O2/c1-7-4-5-9-8(11(7)13)6-10(14(9)2)12(15)16-3;1-7-4-3-5-8(10(7)12)6-9(14-15-13)11(16)17-2;1-6-3-4-8-7(10(6)12)5-9(13-8)11(14)15-2;1-6-3-4-8-7(10(6)12)5-9(11(14)15)13(8)2;1-6-3-2-4-7(5-10)8(6)9;1-2-9-4(8)3-6-7-5/h4-6H,1-3H3;3-6H,1-2H3;3-5,13H,1-2H3;3-5H,1-2H3,(H,14,15);2-5H,1H3;2-3H2,1H3/b;9-6-;;;;. The first kappa shape index (κ1) is 67.8. The van der Waals surface area contributed by atoms with E-state index in [0.717, 1.165) is 66.8 Å². The molecule has 20 nitrogen and oxygen atoms in total. The third kappa shape index (κ3) is 18.0. The Balaban J connectivity index is 0.000000261. The van der Waals surface area contributed by atoms with Gasteiger partial charge in [0.05, 0.1) is 53.0 Å². The number of H-pyrrole nitrogens is 1. The number of benzene rings is 5. The van der Waals surface area contributed by atoms with Crippen LogP contribution in [0.25, 0.3) is 59.7 Å². The number of hydrogen-bond donors (Lipinski definition) is 2. The number of methoxy groups -OCH3 is 3. The summed E-state index contributed by atoms with van der Waals surface area (Å²) in [4.78, 5) is 73.5. The van der Waals surface area contributed by atoms with Crippen molar-refractivity contribution in [1.82, 2.24) is 14.1 Å². The summed E-state index contributed by atoms with van der Waals surface area (Å²) in [6.45, 7) is 11.3. The van der Waals surface area contributed by atoms with E-state index in [-0.39, 0.29) is 29.9 Å². The van der Waals surface area contributed by atoms with Crippen LogP contribution in [0.15, 0.2) is 107 Å². The van der Waals surface area contributed by atoms with Gasteiger partial charge in [-0.25, -0.2) is 19.2 Å². The van der Waals surface area contributed by atoms with Crippen LogP contribution in [-0.4, -0.2) is 89.8 Å². The van der Waals surface area contributed by atoms with Crippen molar-refractivity contribution in [3.63, 3.8) is 0 Å². The summed E-state index contributed by atoms with van der Waals surface area (Å²) >= 11 is 30.2. The molecule has 0 unspecified atom stereocenters. The molecule has 0 aliphatic heterocycles. The molecular weight excluding hydrogens is 1160 g/mol. The molecule has 3 heterocycles. The van der Waals surface area contributed by atoms with Crippen molar-refractivity contribution in [2.75, 3.05) is 34.5 Å². The van der Waals surface area contributed by atoms with E-state index in [4.69, 9.17) is 78.9 Å². The number of azide groups is 2. The minimum atomic E-state index is -0.942. The molecule has 8 aromatic rings. The van der Waals surface area contributed by atoms with Gasteiger partial charge in [-0.05, 0) is 128 Å². The number of carbonyl (C=O) groups is 6. The third-order valence-corrected chi connectivity index (χ3v) is 14.2. The quantitative estimate of drug-likeness (QED) is 0.0247. The first-order chi connectivity index (χ1) is 38.9. The number of halogens is 5. The van der Waals surface area contributed by atoms with Crippen LogP contribution in [0.3, 0.4) is 0 Å². The number of aromatic amines is 1. The Morgan fingerprint density at radius 3 is 1.56 bits per heavy atom. The Morgan fingerprint density at radius 1 is 0.622 bits per heavy atom. The number of ether oxygens (including phenoxy) is 4. The van der Waals surface area contributed by atoms with Crippen LogP contribution < -0.4 is 0 Å². The Bertz CT molecular complexity index is 3800. The molecule has 0 aliphatic carbocycles. The van der Waals surface area contributed by atoms with Crippen molar-refractivity contribution in [1.29, 1.82) is 0 Å². The van der Waals surface area contributed by atoms with Gasteiger partial charge in [0.25, 0.3) is 0 Å². The summed E-state index contributed by atoms with van der Waals surface area (Å²) in [5, 5.41) is 20.8. The number of aromatic nitrogens is 3. The number of nitrogens with one attached hydrogen (secondary N) is 1. The van der Waals surface area contributed by atoms with Gasteiger partial charge in [0, 0.05) is 62.2 Å². The molecule has 0 saturated heterocycles. The van der Waals surface area contributed by atoms with Crippen LogP contribution >= 0.6 is 58.0 Å². The number of aromatic carboxylic acids is 1. The van der Waals surface area contributed by atoms with Crippen molar-refractivity contribution in [3.8, 4) is 0 Å². The number of carboxylic acid groups (broad SMARTS) is 1. The lowest BCUT2D eigenvalue weighted by molar-refractivity contribution is -0.141. The fraction of sp³-hybridized carbons (Fsp3) is 0.228. The molecule has 0 atom stereocenters. The third-order valence-electron chi connectivity index (χ3n) is 11.6. The summed E-state index contributed by atoms with van der Waals surface area (Å²) in [5.41, 5.74) is 25.6. The van der Waals surface area contributed by atoms with E-state index in [0.29, 0.717) is 54.2 Å². The van der Waals surface area contributed by atoms with E-state index < -0.39 is 17.9 Å². The number of carboxylic acids is 1. The molecular formula is C57H56Cl5N9O11. The van der Waals surface area contributed by atoms with Crippen molar-refractivity contribution >= 4 is 133 Å². The maximum Gasteiger partial charge on any atom is 0.354 e.